The van der Waals surface area contributed by atoms with Gasteiger partial charge in [0.25, 0.3) is 0 Å². The van der Waals surface area contributed by atoms with Crippen molar-refractivity contribution in [3.8, 4) is 0 Å². The maximum absolute atomic E-state index is 12.4. The minimum Gasteiger partial charge on any atom is -0.330 e. The van der Waals surface area contributed by atoms with Crippen molar-refractivity contribution in [1.29, 1.82) is 0 Å². The van der Waals surface area contributed by atoms with Crippen LogP contribution in [0.3, 0.4) is 0 Å². The van der Waals surface area contributed by atoms with E-state index < -0.39 is 10.2 Å². The first-order chi connectivity index (χ1) is 9.92. The number of nitrogens with one attached hydrogen (secondary N) is 1. The molecule has 0 aliphatic carbocycles. The van der Waals surface area contributed by atoms with Gasteiger partial charge in [-0.1, -0.05) is 26.0 Å². The van der Waals surface area contributed by atoms with E-state index in [-0.39, 0.29) is 5.92 Å². The maximum Gasteiger partial charge on any atom is 0.301 e. The molecule has 1 aliphatic rings. The number of hydrogen-bond donors (Lipinski definition) is 2. The average molecular weight is 311 g/mol. The molecular formula is C15H25N3O2S. The van der Waals surface area contributed by atoms with Crippen molar-refractivity contribution in [2.75, 3.05) is 24.4 Å². The van der Waals surface area contributed by atoms with Gasteiger partial charge in [-0.2, -0.15) is 12.7 Å². The van der Waals surface area contributed by atoms with E-state index in [1.54, 1.807) is 0 Å². The van der Waals surface area contributed by atoms with Gasteiger partial charge in [-0.15, -0.1) is 0 Å². The van der Waals surface area contributed by atoms with E-state index in [2.05, 4.69) is 18.6 Å². The first-order valence-electron chi connectivity index (χ1n) is 7.50. The molecule has 1 aliphatic heterocycles. The van der Waals surface area contributed by atoms with E-state index in [1.807, 2.05) is 24.3 Å². The summed E-state index contributed by atoms with van der Waals surface area (Å²) in [6.07, 6.45) is 1.88. The third-order valence-corrected chi connectivity index (χ3v) is 5.48. The summed E-state index contributed by atoms with van der Waals surface area (Å²) in [5, 5.41) is 0. The fourth-order valence-electron chi connectivity index (χ4n) is 2.59. The molecule has 1 unspecified atom stereocenters. The molecule has 1 saturated heterocycles. The quantitative estimate of drug-likeness (QED) is 0.875. The van der Waals surface area contributed by atoms with Crippen molar-refractivity contribution in [3.63, 3.8) is 0 Å². The van der Waals surface area contributed by atoms with Crippen LogP contribution in [0.5, 0.6) is 0 Å². The van der Waals surface area contributed by atoms with Gasteiger partial charge in [-0.25, -0.2) is 0 Å². The minimum atomic E-state index is -3.48. The van der Waals surface area contributed by atoms with Crippen LogP contribution in [0.1, 0.15) is 38.2 Å². The van der Waals surface area contributed by atoms with E-state index in [1.165, 1.54) is 9.87 Å². The number of piperidine rings is 1. The van der Waals surface area contributed by atoms with Crippen LogP contribution in [0.2, 0.25) is 0 Å². The molecule has 21 heavy (non-hydrogen) atoms. The number of nitrogens with zero attached hydrogens (tertiary/aromatic N) is 1. The molecule has 6 heteroatoms. The Hall–Kier alpha value is -1.11. The Bertz CT molecular complexity index is 555. The Morgan fingerprint density at radius 2 is 2.00 bits per heavy atom. The number of hydrogen-bond acceptors (Lipinski definition) is 3. The van der Waals surface area contributed by atoms with Crippen LogP contribution in [0.4, 0.5) is 5.69 Å². The number of anilines is 1. The predicted octanol–water partition coefficient (Wildman–Crippen LogP) is 2.14. The molecule has 3 N–H and O–H groups in total. The molecule has 2 rings (SSSR count). The summed E-state index contributed by atoms with van der Waals surface area (Å²) in [5.41, 5.74) is 7.46. The van der Waals surface area contributed by atoms with Gasteiger partial charge in [0.15, 0.2) is 0 Å². The average Bonchev–Trinajstić information content (AvgIpc) is 2.47. The first-order valence-corrected chi connectivity index (χ1v) is 8.94. The van der Waals surface area contributed by atoms with Gasteiger partial charge in [0.05, 0.1) is 0 Å². The summed E-state index contributed by atoms with van der Waals surface area (Å²) in [6.45, 7) is 5.83. The van der Waals surface area contributed by atoms with Gasteiger partial charge in [0.2, 0.25) is 0 Å². The van der Waals surface area contributed by atoms with E-state index in [4.69, 9.17) is 5.73 Å². The Balaban J connectivity index is 2.06. The zero-order valence-electron chi connectivity index (χ0n) is 12.7. The number of benzene rings is 1. The molecule has 118 valence electrons. The van der Waals surface area contributed by atoms with Gasteiger partial charge in [-0.3, -0.25) is 4.72 Å². The number of nitrogens with two attached hydrogens (primary N) is 1. The van der Waals surface area contributed by atoms with Crippen LogP contribution >= 0.6 is 0 Å². The van der Waals surface area contributed by atoms with E-state index in [0.717, 1.165) is 12.8 Å². The summed E-state index contributed by atoms with van der Waals surface area (Å²) in [4.78, 5) is 0. The highest BCUT2D eigenvalue weighted by atomic mass is 32.2. The maximum atomic E-state index is 12.4. The van der Waals surface area contributed by atoms with Crippen LogP contribution in [-0.2, 0) is 10.2 Å². The molecule has 1 fully saturated rings. The molecule has 0 saturated carbocycles. The van der Waals surface area contributed by atoms with E-state index >= 15 is 0 Å². The lowest BCUT2D eigenvalue weighted by molar-refractivity contribution is 0.273. The lowest BCUT2D eigenvalue weighted by atomic mass is 10.0. The topological polar surface area (TPSA) is 75.4 Å². The van der Waals surface area contributed by atoms with Crippen molar-refractivity contribution in [2.45, 2.75) is 32.6 Å². The third-order valence-electron chi connectivity index (χ3n) is 3.98. The van der Waals surface area contributed by atoms with Crippen molar-refractivity contribution in [1.82, 2.24) is 4.31 Å². The van der Waals surface area contributed by atoms with Crippen molar-refractivity contribution in [3.05, 3.63) is 29.8 Å². The van der Waals surface area contributed by atoms with Crippen LogP contribution in [0.25, 0.3) is 0 Å². The fourth-order valence-corrected chi connectivity index (χ4v) is 3.93. The zero-order chi connectivity index (χ0) is 15.5. The van der Waals surface area contributed by atoms with Gasteiger partial charge in [0, 0.05) is 18.8 Å². The Morgan fingerprint density at radius 1 is 1.33 bits per heavy atom. The molecular weight excluding hydrogens is 286 g/mol. The summed E-state index contributed by atoms with van der Waals surface area (Å²) in [5.74, 6) is 0.696. The minimum absolute atomic E-state index is 0.263. The van der Waals surface area contributed by atoms with Crippen molar-refractivity contribution >= 4 is 15.9 Å². The molecule has 0 amide bonds. The molecule has 0 spiro atoms. The third kappa shape index (κ3) is 4.18. The highest BCUT2D eigenvalue weighted by Crippen LogP contribution is 2.21. The van der Waals surface area contributed by atoms with Crippen LogP contribution in [-0.4, -0.2) is 32.4 Å². The molecule has 1 atom stereocenters. The second-order valence-electron chi connectivity index (χ2n) is 5.99. The fraction of sp³-hybridized carbons (Fsp3) is 0.600. The molecule has 0 aromatic heterocycles. The standard InChI is InChI=1S/C15H25N3O2S/c1-12(2)14-5-7-15(8-6-14)17-21(19,20)18-9-3-4-13(10-16)11-18/h5-8,12-13,17H,3-4,9-11,16H2,1-2H3. The first kappa shape index (κ1) is 16.3. The molecule has 1 aromatic carbocycles. The smallest absolute Gasteiger partial charge is 0.301 e. The van der Waals surface area contributed by atoms with Gasteiger partial charge >= 0.3 is 10.2 Å². The SMILES string of the molecule is CC(C)c1ccc(NS(=O)(=O)N2CCCC(CN)C2)cc1. The van der Waals surface area contributed by atoms with Gasteiger partial charge in [-0.05, 0) is 48.9 Å². The summed E-state index contributed by atoms with van der Waals surface area (Å²) < 4.78 is 29.0. The predicted molar refractivity (Wildman–Crippen MR) is 86.4 cm³/mol. The second-order valence-corrected chi connectivity index (χ2v) is 7.66. The second kappa shape index (κ2) is 6.77. The number of rotatable bonds is 5. The molecule has 0 radical (unpaired) electrons. The summed E-state index contributed by atoms with van der Waals surface area (Å²) >= 11 is 0. The summed E-state index contributed by atoms with van der Waals surface area (Å²) in [6, 6.07) is 7.55. The summed E-state index contributed by atoms with van der Waals surface area (Å²) in [7, 11) is -3.48. The van der Waals surface area contributed by atoms with Crippen molar-refractivity contribution in [2.24, 2.45) is 11.7 Å². The zero-order valence-corrected chi connectivity index (χ0v) is 13.6. The molecule has 1 heterocycles. The van der Waals surface area contributed by atoms with Crippen molar-refractivity contribution < 1.29 is 8.42 Å². The van der Waals surface area contributed by atoms with Crippen LogP contribution in [0.15, 0.2) is 24.3 Å². The normalized spacial score (nSPS) is 20.7. The Morgan fingerprint density at radius 3 is 2.57 bits per heavy atom. The molecule has 1 aromatic rings. The van der Waals surface area contributed by atoms with Crippen LogP contribution in [0, 0.1) is 5.92 Å². The lowest BCUT2D eigenvalue weighted by Gasteiger charge is -2.31. The lowest BCUT2D eigenvalue weighted by Crippen LogP contribution is -2.44. The molecule has 5 nitrogen and oxygen atoms in total. The van der Waals surface area contributed by atoms with Gasteiger partial charge < -0.3 is 5.73 Å². The Labute approximate surface area is 127 Å². The monoisotopic (exact) mass is 311 g/mol. The molecule has 0 bridgehead atoms. The highest BCUT2D eigenvalue weighted by molar-refractivity contribution is 7.90. The highest BCUT2D eigenvalue weighted by Gasteiger charge is 2.28. The van der Waals surface area contributed by atoms with E-state index in [0.29, 0.717) is 31.2 Å². The largest absolute Gasteiger partial charge is 0.330 e. The van der Waals surface area contributed by atoms with E-state index in [9.17, 15) is 8.42 Å². The van der Waals surface area contributed by atoms with Gasteiger partial charge in [0.1, 0.15) is 0 Å². The van der Waals surface area contributed by atoms with Crippen LogP contribution < -0.4 is 10.5 Å². The Kier molecular flexibility index (Phi) is 5.24.